The first-order valence-corrected chi connectivity index (χ1v) is 6.78. The molecule has 0 amide bonds. The number of para-hydroxylation sites is 1. The van der Waals surface area contributed by atoms with E-state index < -0.39 is 36.1 Å². The lowest BCUT2D eigenvalue weighted by Crippen LogP contribution is -2.44. The summed E-state index contributed by atoms with van der Waals surface area (Å²) in [6, 6.07) is 8.49. The normalized spacial score (nSPS) is 21.0. The molecule has 0 saturated heterocycles. The van der Waals surface area contributed by atoms with Gasteiger partial charge < -0.3 is 9.47 Å². The second-order valence-electron chi connectivity index (χ2n) is 5.06. The van der Waals surface area contributed by atoms with Crippen molar-refractivity contribution in [2.75, 3.05) is 7.11 Å². The van der Waals surface area contributed by atoms with Gasteiger partial charge in [0.15, 0.2) is 11.6 Å². The Balaban J connectivity index is 2.27. The summed E-state index contributed by atoms with van der Waals surface area (Å²) in [5, 5.41) is 9.26. The molecular formula is C16H15NO5. The third kappa shape index (κ3) is 2.84. The number of benzene rings is 1. The van der Waals surface area contributed by atoms with Gasteiger partial charge in [-0.2, -0.15) is 5.26 Å². The van der Waals surface area contributed by atoms with Gasteiger partial charge in [-0.1, -0.05) is 19.1 Å². The number of carbonyl (C=O) groups is 3. The molecule has 1 heterocycles. The van der Waals surface area contributed by atoms with Crippen LogP contribution in [0.25, 0.3) is 0 Å². The number of ether oxygens (including phenoxy) is 2. The van der Waals surface area contributed by atoms with Crippen molar-refractivity contribution in [3.05, 3.63) is 29.8 Å². The summed E-state index contributed by atoms with van der Waals surface area (Å²) in [5.74, 6) is -2.96. The van der Waals surface area contributed by atoms with Crippen molar-refractivity contribution in [2.45, 2.75) is 19.4 Å². The molecule has 1 aliphatic heterocycles. The number of methoxy groups -OCH3 is 1. The average molecular weight is 301 g/mol. The van der Waals surface area contributed by atoms with Crippen molar-refractivity contribution in [3.8, 4) is 11.8 Å². The highest BCUT2D eigenvalue weighted by atomic mass is 16.5. The molecule has 0 fully saturated rings. The highest BCUT2D eigenvalue weighted by Crippen LogP contribution is 2.34. The van der Waals surface area contributed by atoms with Crippen LogP contribution < -0.4 is 4.74 Å². The summed E-state index contributed by atoms with van der Waals surface area (Å²) < 4.78 is 10.1. The Morgan fingerprint density at radius 3 is 2.73 bits per heavy atom. The summed E-state index contributed by atoms with van der Waals surface area (Å²) in [6.07, 6.45) is -1.32. The van der Waals surface area contributed by atoms with E-state index in [1.165, 1.54) is 7.11 Å². The molecule has 0 radical (unpaired) electrons. The van der Waals surface area contributed by atoms with Crippen LogP contribution in [0.5, 0.6) is 5.75 Å². The van der Waals surface area contributed by atoms with Crippen molar-refractivity contribution in [1.29, 1.82) is 5.26 Å². The number of Topliss-reactive ketones (excluding diaryl/α,β-unsaturated/α-hetero) is 2. The monoisotopic (exact) mass is 301 g/mol. The van der Waals surface area contributed by atoms with Gasteiger partial charge in [-0.25, -0.2) is 0 Å². The zero-order valence-corrected chi connectivity index (χ0v) is 12.2. The Morgan fingerprint density at radius 1 is 1.41 bits per heavy atom. The number of esters is 1. The van der Waals surface area contributed by atoms with E-state index in [0.717, 1.165) is 0 Å². The van der Waals surface area contributed by atoms with E-state index >= 15 is 0 Å². The lowest BCUT2D eigenvalue weighted by Gasteiger charge is -2.32. The first-order chi connectivity index (χ1) is 10.5. The van der Waals surface area contributed by atoms with Crippen molar-refractivity contribution < 1.29 is 23.9 Å². The molecule has 6 heteroatoms. The van der Waals surface area contributed by atoms with E-state index in [1.54, 1.807) is 31.2 Å². The molecule has 2 rings (SSSR count). The fourth-order valence-corrected chi connectivity index (χ4v) is 2.39. The van der Waals surface area contributed by atoms with Gasteiger partial charge in [-0.15, -0.1) is 0 Å². The maximum absolute atomic E-state index is 12.4. The Morgan fingerprint density at radius 2 is 2.09 bits per heavy atom. The quantitative estimate of drug-likeness (QED) is 0.618. The van der Waals surface area contributed by atoms with Crippen LogP contribution in [0.2, 0.25) is 0 Å². The van der Waals surface area contributed by atoms with Gasteiger partial charge in [0.05, 0.1) is 24.7 Å². The van der Waals surface area contributed by atoms with Crippen LogP contribution in [0.3, 0.4) is 0 Å². The Bertz CT molecular complexity index is 661. The topological polar surface area (TPSA) is 93.5 Å². The SMILES string of the molecule is COC(=O)CC(=O)C(C)C1Oc2ccccc2C(=O)C1C#N. The van der Waals surface area contributed by atoms with E-state index in [9.17, 15) is 19.6 Å². The van der Waals surface area contributed by atoms with Crippen LogP contribution in [0.4, 0.5) is 0 Å². The molecule has 3 atom stereocenters. The van der Waals surface area contributed by atoms with Gasteiger partial charge in [0, 0.05) is 0 Å². The highest BCUT2D eigenvalue weighted by Gasteiger charge is 2.42. The van der Waals surface area contributed by atoms with Crippen LogP contribution >= 0.6 is 0 Å². The molecular weight excluding hydrogens is 286 g/mol. The summed E-state index contributed by atoms with van der Waals surface area (Å²) in [6.45, 7) is 1.54. The number of ketones is 2. The first kappa shape index (κ1) is 15.7. The first-order valence-electron chi connectivity index (χ1n) is 6.78. The summed E-state index contributed by atoms with van der Waals surface area (Å²) in [7, 11) is 1.19. The Hall–Kier alpha value is -2.68. The minimum Gasteiger partial charge on any atom is -0.487 e. The standard InChI is InChI=1S/C16H15NO5/c1-9(12(18)7-14(19)21-2)16-11(8-17)15(20)10-5-3-4-6-13(10)22-16/h3-6,9,11,16H,7H2,1-2H3. The molecule has 0 aliphatic carbocycles. The fraction of sp³-hybridized carbons (Fsp3) is 0.375. The van der Waals surface area contributed by atoms with Crippen molar-refractivity contribution >= 4 is 17.5 Å². The lowest BCUT2D eigenvalue weighted by molar-refractivity contribution is -0.144. The summed E-state index contributed by atoms with van der Waals surface area (Å²) in [5.41, 5.74) is 0.331. The highest BCUT2D eigenvalue weighted by molar-refractivity contribution is 6.04. The molecule has 22 heavy (non-hydrogen) atoms. The molecule has 3 unspecified atom stereocenters. The van der Waals surface area contributed by atoms with E-state index in [1.807, 2.05) is 6.07 Å². The van der Waals surface area contributed by atoms with Gasteiger partial charge in [-0.05, 0) is 12.1 Å². The van der Waals surface area contributed by atoms with Gasteiger partial charge in [-0.3, -0.25) is 14.4 Å². The van der Waals surface area contributed by atoms with Crippen LogP contribution in [-0.2, 0) is 14.3 Å². The molecule has 0 spiro atoms. The Labute approximate surface area is 127 Å². The molecule has 0 saturated carbocycles. The van der Waals surface area contributed by atoms with Crippen LogP contribution in [0, 0.1) is 23.2 Å². The third-order valence-corrected chi connectivity index (χ3v) is 3.71. The van der Waals surface area contributed by atoms with Crippen LogP contribution in [-0.4, -0.2) is 30.7 Å². The van der Waals surface area contributed by atoms with E-state index in [0.29, 0.717) is 11.3 Å². The number of carbonyl (C=O) groups excluding carboxylic acids is 3. The van der Waals surface area contributed by atoms with Gasteiger partial charge in [0.25, 0.3) is 0 Å². The molecule has 0 bridgehead atoms. The van der Waals surface area contributed by atoms with Crippen molar-refractivity contribution in [1.82, 2.24) is 0 Å². The molecule has 6 nitrogen and oxygen atoms in total. The molecule has 1 aromatic rings. The Kier molecular flexibility index (Phi) is 4.56. The number of fused-ring (bicyclic) bond motifs is 1. The van der Waals surface area contributed by atoms with E-state index in [4.69, 9.17) is 4.74 Å². The minimum atomic E-state index is -1.08. The fourth-order valence-electron chi connectivity index (χ4n) is 2.39. The maximum Gasteiger partial charge on any atom is 0.313 e. The summed E-state index contributed by atoms with van der Waals surface area (Å²) in [4.78, 5) is 35.7. The van der Waals surface area contributed by atoms with Gasteiger partial charge in [0.2, 0.25) is 0 Å². The zero-order valence-electron chi connectivity index (χ0n) is 12.2. The predicted octanol–water partition coefficient (Wildman–Crippen LogP) is 1.54. The number of rotatable bonds is 4. The van der Waals surface area contributed by atoms with Crippen LogP contribution in [0.15, 0.2) is 24.3 Å². The van der Waals surface area contributed by atoms with Crippen molar-refractivity contribution in [3.63, 3.8) is 0 Å². The number of hydrogen-bond acceptors (Lipinski definition) is 6. The molecule has 1 aromatic carbocycles. The molecule has 0 N–H and O–H groups in total. The molecule has 114 valence electrons. The maximum atomic E-state index is 12.4. The third-order valence-electron chi connectivity index (χ3n) is 3.71. The largest absolute Gasteiger partial charge is 0.487 e. The van der Waals surface area contributed by atoms with E-state index in [-0.39, 0.29) is 5.78 Å². The van der Waals surface area contributed by atoms with Crippen molar-refractivity contribution in [2.24, 2.45) is 11.8 Å². The summed E-state index contributed by atoms with van der Waals surface area (Å²) >= 11 is 0. The minimum absolute atomic E-state index is 0.331. The number of hydrogen-bond donors (Lipinski definition) is 0. The molecule has 0 aromatic heterocycles. The number of nitrogens with zero attached hydrogens (tertiary/aromatic N) is 1. The smallest absolute Gasteiger partial charge is 0.313 e. The zero-order chi connectivity index (χ0) is 16.3. The van der Waals surface area contributed by atoms with Gasteiger partial charge in [0.1, 0.15) is 24.2 Å². The average Bonchev–Trinajstić information content (AvgIpc) is 2.53. The molecule has 1 aliphatic rings. The second-order valence-corrected chi connectivity index (χ2v) is 5.06. The number of nitriles is 1. The van der Waals surface area contributed by atoms with Crippen LogP contribution in [0.1, 0.15) is 23.7 Å². The second kappa shape index (κ2) is 6.39. The van der Waals surface area contributed by atoms with E-state index in [2.05, 4.69) is 4.74 Å². The lowest BCUT2D eigenvalue weighted by atomic mass is 9.82. The van der Waals surface area contributed by atoms with Gasteiger partial charge >= 0.3 is 5.97 Å². The predicted molar refractivity (Wildman–Crippen MR) is 75.1 cm³/mol.